The van der Waals surface area contributed by atoms with Crippen LogP contribution in [0.2, 0.25) is 0 Å². The smallest absolute Gasteiger partial charge is 0.307 e. The average molecular weight is 387 g/mol. The van der Waals surface area contributed by atoms with Gasteiger partial charge in [-0.3, -0.25) is 9.59 Å². The highest BCUT2D eigenvalue weighted by molar-refractivity contribution is 5.95. The first-order chi connectivity index (χ1) is 14.1. The molecule has 0 saturated carbocycles. The van der Waals surface area contributed by atoms with Crippen molar-refractivity contribution in [3.8, 4) is 0 Å². The summed E-state index contributed by atoms with van der Waals surface area (Å²) in [5, 5.41) is 0. The number of amides is 1. The Hall–Kier alpha value is -3.40. The molecule has 0 N–H and O–H groups in total. The van der Waals surface area contributed by atoms with Gasteiger partial charge in [-0.25, -0.2) is 0 Å². The van der Waals surface area contributed by atoms with Gasteiger partial charge >= 0.3 is 5.97 Å². The van der Waals surface area contributed by atoms with Crippen LogP contribution in [0.15, 0.2) is 84.9 Å². The Balaban J connectivity index is 2.05. The maximum Gasteiger partial charge on any atom is 0.307 e. The Morgan fingerprint density at radius 3 is 1.83 bits per heavy atom. The van der Waals surface area contributed by atoms with Crippen LogP contribution in [-0.4, -0.2) is 30.4 Å². The summed E-state index contributed by atoms with van der Waals surface area (Å²) in [6.07, 6.45) is 0.129. The highest BCUT2D eigenvalue weighted by atomic mass is 16.5. The first-order valence-electron chi connectivity index (χ1n) is 9.64. The predicted molar refractivity (Wildman–Crippen MR) is 114 cm³/mol. The summed E-state index contributed by atoms with van der Waals surface area (Å²) in [4.78, 5) is 27.1. The van der Waals surface area contributed by atoms with Crippen LogP contribution in [0, 0.1) is 6.92 Å². The molecule has 4 heteroatoms. The lowest BCUT2D eigenvalue weighted by Crippen LogP contribution is -2.37. The molecule has 3 aromatic rings. The number of carbonyl (C=O) groups is 2. The topological polar surface area (TPSA) is 46.6 Å². The van der Waals surface area contributed by atoms with Gasteiger partial charge in [-0.2, -0.15) is 0 Å². The van der Waals surface area contributed by atoms with Gasteiger partial charge in [-0.05, 0) is 30.2 Å². The molecule has 3 rings (SSSR count). The Kier molecular flexibility index (Phi) is 6.80. The standard InChI is InChI=1S/C25H25NO3/c1-19-13-15-22(16-14-19)25(28)26(18-17-23(27)29-2)24(20-9-5-3-6-10-20)21-11-7-4-8-12-21/h3-16,24H,17-18H2,1-2H3. The van der Waals surface area contributed by atoms with Crippen molar-refractivity contribution < 1.29 is 14.3 Å². The van der Waals surface area contributed by atoms with Crippen molar-refractivity contribution in [2.75, 3.05) is 13.7 Å². The zero-order chi connectivity index (χ0) is 20.6. The van der Waals surface area contributed by atoms with E-state index < -0.39 is 0 Å². The third-order valence-electron chi connectivity index (χ3n) is 4.89. The number of esters is 1. The molecule has 0 fully saturated rings. The van der Waals surface area contributed by atoms with E-state index >= 15 is 0 Å². The highest BCUT2D eigenvalue weighted by Gasteiger charge is 2.28. The van der Waals surface area contributed by atoms with Gasteiger partial charge in [0.2, 0.25) is 0 Å². The second-order valence-electron chi connectivity index (χ2n) is 6.91. The van der Waals surface area contributed by atoms with Crippen LogP contribution < -0.4 is 0 Å². The minimum Gasteiger partial charge on any atom is -0.469 e. The third-order valence-corrected chi connectivity index (χ3v) is 4.89. The van der Waals surface area contributed by atoms with Crippen molar-refractivity contribution in [2.24, 2.45) is 0 Å². The van der Waals surface area contributed by atoms with Crippen molar-refractivity contribution in [1.82, 2.24) is 4.90 Å². The fourth-order valence-corrected chi connectivity index (χ4v) is 3.35. The van der Waals surface area contributed by atoms with Crippen molar-refractivity contribution >= 4 is 11.9 Å². The summed E-state index contributed by atoms with van der Waals surface area (Å²) in [6, 6.07) is 26.9. The second-order valence-corrected chi connectivity index (χ2v) is 6.91. The summed E-state index contributed by atoms with van der Waals surface area (Å²) < 4.78 is 4.82. The van der Waals surface area contributed by atoms with Crippen molar-refractivity contribution in [2.45, 2.75) is 19.4 Å². The molecule has 0 saturated heterocycles. The average Bonchev–Trinajstić information content (AvgIpc) is 2.77. The maximum absolute atomic E-state index is 13.5. The van der Waals surface area contributed by atoms with E-state index in [-0.39, 0.29) is 30.9 Å². The Labute approximate surface area is 171 Å². The van der Waals surface area contributed by atoms with Crippen LogP contribution in [0.5, 0.6) is 0 Å². The summed E-state index contributed by atoms with van der Waals surface area (Å²) in [6.45, 7) is 2.24. The number of carbonyl (C=O) groups excluding carboxylic acids is 2. The van der Waals surface area contributed by atoms with Gasteiger partial charge in [0, 0.05) is 12.1 Å². The van der Waals surface area contributed by atoms with E-state index in [0.717, 1.165) is 16.7 Å². The van der Waals surface area contributed by atoms with E-state index in [4.69, 9.17) is 4.74 Å². The Bertz CT molecular complexity index is 897. The monoisotopic (exact) mass is 387 g/mol. The molecule has 0 unspecified atom stereocenters. The number of hydrogen-bond acceptors (Lipinski definition) is 3. The van der Waals surface area contributed by atoms with Crippen LogP contribution in [0.25, 0.3) is 0 Å². The lowest BCUT2D eigenvalue weighted by atomic mass is 9.96. The van der Waals surface area contributed by atoms with E-state index in [1.54, 1.807) is 4.90 Å². The summed E-state index contributed by atoms with van der Waals surface area (Å²) in [7, 11) is 1.36. The largest absolute Gasteiger partial charge is 0.469 e. The van der Waals surface area contributed by atoms with Crippen LogP contribution in [0.3, 0.4) is 0 Å². The van der Waals surface area contributed by atoms with Crippen molar-refractivity contribution in [3.63, 3.8) is 0 Å². The molecule has 0 aromatic heterocycles. The molecule has 0 aliphatic rings. The van der Waals surface area contributed by atoms with Crippen LogP contribution in [-0.2, 0) is 9.53 Å². The van der Waals surface area contributed by atoms with Gasteiger partial charge in [0.05, 0.1) is 19.6 Å². The number of nitrogens with zero attached hydrogens (tertiary/aromatic N) is 1. The molecule has 4 nitrogen and oxygen atoms in total. The summed E-state index contributed by atoms with van der Waals surface area (Å²) >= 11 is 0. The number of methoxy groups -OCH3 is 1. The first kappa shape index (κ1) is 20.3. The molecular formula is C25H25NO3. The van der Waals surface area contributed by atoms with Crippen molar-refractivity contribution in [1.29, 1.82) is 0 Å². The normalized spacial score (nSPS) is 10.6. The zero-order valence-corrected chi connectivity index (χ0v) is 16.7. The number of hydrogen-bond donors (Lipinski definition) is 0. The predicted octanol–water partition coefficient (Wildman–Crippen LogP) is 4.79. The van der Waals surface area contributed by atoms with Gasteiger partial charge in [0.1, 0.15) is 0 Å². The fourth-order valence-electron chi connectivity index (χ4n) is 3.35. The molecule has 0 aliphatic heterocycles. The van der Waals surface area contributed by atoms with Crippen LogP contribution >= 0.6 is 0 Å². The molecule has 0 atom stereocenters. The minimum absolute atomic E-state index is 0.119. The van der Waals surface area contributed by atoms with Gasteiger partial charge in [-0.1, -0.05) is 78.4 Å². The van der Waals surface area contributed by atoms with E-state index in [1.807, 2.05) is 91.9 Å². The third kappa shape index (κ3) is 5.11. The van der Waals surface area contributed by atoms with Gasteiger partial charge in [0.15, 0.2) is 0 Å². The highest BCUT2D eigenvalue weighted by Crippen LogP contribution is 2.30. The number of aryl methyl sites for hydroxylation is 1. The molecule has 148 valence electrons. The number of benzene rings is 3. The van der Waals surface area contributed by atoms with Crippen LogP contribution in [0.4, 0.5) is 0 Å². The van der Waals surface area contributed by atoms with Gasteiger partial charge in [-0.15, -0.1) is 0 Å². The van der Waals surface area contributed by atoms with Crippen molar-refractivity contribution in [3.05, 3.63) is 107 Å². The van der Waals surface area contributed by atoms with E-state index in [9.17, 15) is 9.59 Å². The first-order valence-corrected chi connectivity index (χ1v) is 9.64. The minimum atomic E-state index is -0.341. The molecule has 1 amide bonds. The molecule has 0 radical (unpaired) electrons. The molecular weight excluding hydrogens is 362 g/mol. The van der Waals surface area contributed by atoms with E-state index in [0.29, 0.717) is 5.56 Å². The number of ether oxygens (including phenoxy) is 1. The zero-order valence-electron chi connectivity index (χ0n) is 16.7. The van der Waals surface area contributed by atoms with Crippen LogP contribution in [0.1, 0.15) is 39.5 Å². The molecule has 0 aliphatic carbocycles. The maximum atomic E-state index is 13.5. The number of rotatable bonds is 7. The lowest BCUT2D eigenvalue weighted by Gasteiger charge is -2.33. The molecule has 3 aromatic carbocycles. The Morgan fingerprint density at radius 1 is 0.828 bits per heavy atom. The van der Waals surface area contributed by atoms with Gasteiger partial charge < -0.3 is 9.64 Å². The molecule has 0 bridgehead atoms. The van der Waals surface area contributed by atoms with E-state index in [1.165, 1.54) is 7.11 Å². The summed E-state index contributed by atoms with van der Waals surface area (Å²) in [5.74, 6) is -0.460. The second kappa shape index (κ2) is 9.69. The molecule has 0 spiro atoms. The quantitative estimate of drug-likeness (QED) is 0.548. The fraction of sp³-hybridized carbons (Fsp3) is 0.200. The molecule has 0 heterocycles. The van der Waals surface area contributed by atoms with E-state index in [2.05, 4.69) is 0 Å². The SMILES string of the molecule is COC(=O)CCN(C(=O)c1ccc(C)cc1)C(c1ccccc1)c1ccccc1. The molecule has 29 heavy (non-hydrogen) atoms. The summed E-state index contributed by atoms with van der Waals surface area (Å²) in [5.41, 5.74) is 3.66. The lowest BCUT2D eigenvalue weighted by molar-refractivity contribution is -0.140. The van der Waals surface area contributed by atoms with Gasteiger partial charge in [0.25, 0.3) is 5.91 Å². The Morgan fingerprint density at radius 2 is 1.34 bits per heavy atom.